The molecule has 0 unspecified atom stereocenters. The van der Waals surface area contributed by atoms with E-state index in [4.69, 9.17) is 21.1 Å². The molecule has 0 atom stereocenters. The van der Waals surface area contributed by atoms with Crippen molar-refractivity contribution in [1.29, 1.82) is 0 Å². The number of rotatable bonds is 6. The van der Waals surface area contributed by atoms with Crippen molar-refractivity contribution in [2.45, 2.75) is 6.54 Å². The highest BCUT2D eigenvalue weighted by atomic mass is 35.5. The van der Waals surface area contributed by atoms with Gasteiger partial charge in [-0.2, -0.15) is 0 Å². The van der Waals surface area contributed by atoms with Gasteiger partial charge in [-0.25, -0.2) is 9.18 Å². The van der Waals surface area contributed by atoms with Gasteiger partial charge in [0.2, 0.25) is 0 Å². The van der Waals surface area contributed by atoms with Crippen LogP contribution in [-0.4, -0.2) is 29.1 Å². The molecular weight excluding hydrogens is 481 g/mol. The van der Waals surface area contributed by atoms with Crippen LogP contribution in [0.2, 0.25) is 5.02 Å². The van der Waals surface area contributed by atoms with E-state index in [-0.39, 0.29) is 16.5 Å². The number of amides is 2. The number of nitrogens with zero attached hydrogens (tertiary/aromatic N) is 1. The van der Waals surface area contributed by atoms with Gasteiger partial charge in [0.05, 0.1) is 24.1 Å². The summed E-state index contributed by atoms with van der Waals surface area (Å²) in [7, 11) is 1.54. The Bertz CT molecular complexity index is 1290. The summed E-state index contributed by atoms with van der Waals surface area (Å²) in [4.78, 5) is 38.7. The minimum atomic E-state index is -0.518. The number of hydrogen-bond donors (Lipinski definition) is 0. The van der Waals surface area contributed by atoms with Crippen LogP contribution in [0.25, 0.3) is 6.08 Å². The van der Waals surface area contributed by atoms with Crippen molar-refractivity contribution < 1.29 is 28.2 Å². The fourth-order valence-electron chi connectivity index (χ4n) is 3.13. The van der Waals surface area contributed by atoms with Crippen LogP contribution in [0.5, 0.6) is 11.5 Å². The van der Waals surface area contributed by atoms with Crippen LogP contribution >= 0.6 is 23.4 Å². The lowest BCUT2D eigenvalue weighted by Gasteiger charge is -2.13. The van der Waals surface area contributed by atoms with Gasteiger partial charge in [0, 0.05) is 5.02 Å². The Morgan fingerprint density at radius 3 is 2.35 bits per heavy atom. The van der Waals surface area contributed by atoms with Crippen molar-refractivity contribution in [2.24, 2.45) is 0 Å². The van der Waals surface area contributed by atoms with Crippen molar-refractivity contribution in [2.75, 3.05) is 7.11 Å². The van der Waals surface area contributed by atoms with E-state index in [1.54, 1.807) is 54.6 Å². The summed E-state index contributed by atoms with van der Waals surface area (Å²) in [6.45, 7) is -0.0542. The van der Waals surface area contributed by atoms with Gasteiger partial charge < -0.3 is 9.47 Å². The van der Waals surface area contributed by atoms with E-state index in [2.05, 4.69) is 0 Å². The van der Waals surface area contributed by atoms with E-state index >= 15 is 0 Å². The summed E-state index contributed by atoms with van der Waals surface area (Å²) in [5.74, 6) is -0.523. The van der Waals surface area contributed by atoms with E-state index in [9.17, 15) is 18.8 Å². The number of benzene rings is 3. The number of imide groups is 1. The first kappa shape index (κ1) is 23.5. The van der Waals surface area contributed by atoms with Gasteiger partial charge in [-0.3, -0.25) is 14.5 Å². The fraction of sp³-hybridized carbons (Fsp3) is 0.0800. The summed E-state index contributed by atoms with van der Waals surface area (Å²) in [6.07, 6.45) is 1.58. The summed E-state index contributed by atoms with van der Waals surface area (Å²) in [5, 5.41) is -0.301. The van der Waals surface area contributed by atoms with Crippen LogP contribution in [0, 0.1) is 5.82 Å². The average Bonchev–Trinajstić information content (AvgIpc) is 3.09. The lowest BCUT2D eigenvalue weighted by molar-refractivity contribution is -0.123. The summed E-state index contributed by atoms with van der Waals surface area (Å²) in [5.41, 5.74) is 1.49. The maximum absolute atomic E-state index is 13.3. The molecule has 3 aromatic rings. The molecule has 0 bridgehead atoms. The molecule has 1 saturated heterocycles. The molecule has 4 rings (SSSR count). The molecule has 0 saturated carbocycles. The molecule has 0 radical (unpaired) electrons. The van der Waals surface area contributed by atoms with Crippen molar-refractivity contribution in [1.82, 2.24) is 4.90 Å². The Morgan fingerprint density at radius 2 is 1.71 bits per heavy atom. The van der Waals surface area contributed by atoms with Crippen LogP contribution in [0.3, 0.4) is 0 Å². The number of esters is 1. The number of carbonyl (C=O) groups is 3. The predicted molar refractivity (Wildman–Crippen MR) is 127 cm³/mol. The van der Waals surface area contributed by atoms with Crippen molar-refractivity contribution >= 4 is 46.6 Å². The SMILES string of the molecule is COc1ccc(C(=O)Oc2ccc(/C=C3/SC(=O)N(Cc4ccc(F)cc4Cl)C3=O)cc2)cc1. The second kappa shape index (κ2) is 10.1. The molecule has 9 heteroatoms. The Morgan fingerprint density at radius 1 is 1.03 bits per heavy atom. The normalized spacial score (nSPS) is 14.6. The highest BCUT2D eigenvalue weighted by Crippen LogP contribution is 2.34. The number of methoxy groups -OCH3 is 1. The maximum Gasteiger partial charge on any atom is 0.343 e. The van der Waals surface area contributed by atoms with E-state index in [0.717, 1.165) is 22.7 Å². The first-order valence-corrected chi connectivity index (χ1v) is 11.2. The Kier molecular flexibility index (Phi) is 7.00. The van der Waals surface area contributed by atoms with Gasteiger partial charge in [-0.15, -0.1) is 0 Å². The lowest BCUT2D eigenvalue weighted by atomic mass is 10.2. The Labute approximate surface area is 203 Å². The molecule has 34 heavy (non-hydrogen) atoms. The first-order chi connectivity index (χ1) is 16.3. The number of ether oxygens (including phenoxy) is 2. The minimum Gasteiger partial charge on any atom is -0.497 e. The van der Waals surface area contributed by atoms with Crippen LogP contribution in [0.4, 0.5) is 9.18 Å². The zero-order chi connectivity index (χ0) is 24.2. The average molecular weight is 498 g/mol. The van der Waals surface area contributed by atoms with Gasteiger partial charge in [-0.05, 0) is 77.5 Å². The van der Waals surface area contributed by atoms with Crippen LogP contribution in [0.1, 0.15) is 21.5 Å². The molecule has 6 nitrogen and oxygen atoms in total. The van der Waals surface area contributed by atoms with E-state index in [1.807, 2.05) is 0 Å². The molecule has 0 aromatic heterocycles. The molecule has 0 aliphatic carbocycles. The van der Waals surface area contributed by atoms with Crippen molar-refractivity contribution in [3.63, 3.8) is 0 Å². The molecule has 0 spiro atoms. The Hall–Kier alpha value is -3.62. The van der Waals surface area contributed by atoms with Gasteiger partial charge in [0.1, 0.15) is 17.3 Å². The molecule has 1 heterocycles. The third kappa shape index (κ3) is 5.30. The van der Waals surface area contributed by atoms with E-state index in [1.165, 1.54) is 19.2 Å². The number of halogens is 2. The van der Waals surface area contributed by atoms with Crippen LogP contribution in [0.15, 0.2) is 71.6 Å². The molecule has 1 aliphatic heterocycles. The standard InChI is InChI=1S/C25H17ClFNO5S/c1-32-19-10-5-16(6-11-19)24(30)33-20-8-2-15(3-9-20)12-22-23(29)28(25(31)34-22)14-17-4-7-18(27)13-21(17)26/h2-13H,14H2,1H3/b22-12+. The summed E-state index contributed by atoms with van der Waals surface area (Å²) >= 11 is 6.83. The van der Waals surface area contributed by atoms with E-state index in [0.29, 0.717) is 28.2 Å². The summed E-state index contributed by atoms with van der Waals surface area (Å²) < 4.78 is 23.7. The highest BCUT2D eigenvalue weighted by Gasteiger charge is 2.35. The third-order valence-electron chi connectivity index (χ3n) is 4.93. The number of carbonyl (C=O) groups excluding carboxylic acids is 3. The van der Waals surface area contributed by atoms with Gasteiger partial charge in [-0.1, -0.05) is 29.8 Å². The second-order valence-electron chi connectivity index (χ2n) is 7.19. The lowest BCUT2D eigenvalue weighted by Crippen LogP contribution is -2.27. The highest BCUT2D eigenvalue weighted by molar-refractivity contribution is 8.18. The van der Waals surface area contributed by atoms with Crippen molar-refractivity contribution in [3.05, 3.63) is 99.2 Å². The molecule has 172 valence electrons. The van der Waals surface area contributed by atoms with Crippen molar-refractivity contribution in [3.8, 4) is 11.5 Å². The number of hydrogen-bond acceptors (Lipinski definition) is 6. The molecule has 1 fully saturated rings. The van der Waals surface area contributed by atoms with Gasteiger partial charge in [0.25, 0.3) is 11.1 Å². The molecule has 2 amide bonds. The Balaban J connectivity index is 1.43. The number of thioether (sulfide) groups is 1. The van der Waals surface area contributed by atoms with Gasteiger partial charge >= 0.3 is 5.97 Å². The van der Waals surface area contributed by atoms with Crippen LogP contribution in [-0.2, 0) is 11.3 Å². The topological polar surface area (TPSA) is 72.9 Å². The second-order valence-corrected chi connectivity index (χ2v) is 8.59. The maximum atomic E-state index is 13.3. The molecule has 0 N–H and O–H groups in total. The zero-order valence-corrected chi connectivity index (χ0v) is 19.4. The quantitative estimate of drug-likeness (QED) is 0.238. The van der Waals surface area contributed by atoms with Gasteiger partial charge in [0.15, 0.2) is 0 Å². The van der Waals surface area contributed by atoms with E-state index < -0.39 is 22.9 Å². The predicted octanol–water partition coefficient (Wildman–Crippen LogP) is 5.94. The zero-order valence-electron chi connectivity index (χ0n) is 17.8. The largest absolute Gasteiger partial charge is 0.497 e. The molecule has 3 aromatic carbocycles. The first-order valence-electron chi connectivity index (χ1n) is 9.99. The molecule has 1 aliphatic rings. The fourth-order valence-corrected chi connectivity index (χ4v) is 4.20. The smallest absolute Gasteiger partial charge is 0.343 e. The monoisotopic (exact) mass is 497 g/mol. The third-order valence-corrected chi connectivity index (χ3v) is 6.19. The summed E-state index contributed by atoms with van der Waals surface area (Å²) in [6, 6.07) is 16.8. The minimum absolute atomic E-state index is 0.0542. The molecular formula is C25H17ClFNO5S. The van der Waals surface area contributed by atoms with Crippen LogP contribution < -0.4 is 9.47 Å².